The number of rotatable bonds is 2. The van der Waals surface area contributed by atoms with Gasteiger partial charge in [0, 0.05) is 17.6 Å². The molecule has 1 aromatic heterocycles. The fourth-order valence-corrected chi connectivity index (χ4v) is 3.14. The third-order valence-electron chi connectivity index (χ3n) is 3.32. The molecule has 0 aliphatic rings. The van der Waals surface area contributed by atoms with Gasteiger partial charge in [0.1, 0.15) is 6.07 Å². The Kier molecular flexibility index (Phi) is 5.94. The monoisotopic (exact) mass is 423 g/mol. The second kappa shape index (κ2) is 7.46. The molecule has 10 heteroatoms. The highest BCUT2D eigenvalue weighted by Gasteiger charge is 2.42. The van der Waals surface area contributed by atoms with Crippen LogP contribution in [0.5, 0.6) is 0 Å². The van der Waals surface area contributed by atoms with E-state index in [1.807, 2.05) is 0 Å². The Morgan fingerprint density at radius 1 is 1.28 bits per heavy atom. The largest absolute Gasteiger partial charge is 0.434 e. The second-order valence-electron chi connectivity index (χ2n) is 4.81. The van der Waals surface area contributed by atoms with Crippen molar-refractivity contribution in [3.63, 3.8) is 0 Å². The molecule has 1 aromatic carbocycles. The van der Waals surface area contributed by atoms with Crippen molar-refractivity contribution in [3.8, 4) is 17.3 Å². The number of nitrogens with zero attached hydrogens (tertiary/aromatic N) is 3. The van der Waals surface area contributed by atoms with Crippen molar-refractivity contribution in [3.05, 3.63) is 45.6 Å². The maximum atomic E-state index is 13.6. The van der Waals surface area contributed by atoms with Gasteiger partial charge in [-0.05, 0) is 18.4 Å². The predicted molar refractivity (Wildman–Crippen MR) is 99.9 cm³/mol. The highest BCUT2D eigenvalue weighted by atomic mass is 35.5. The molecule has 0 saturated heterocycles. The van der Waals surface area contributed by atoms with E-state index < -0.39 is 16.9 Å². The Hall–Kier alpha value is -1.40. The first kappa shape index (κ1) is 19.9. The second-order valence-corrected chi connectivity index (χ2v) is 7.06. The predicted octanol–water partition coefficient (Wildman–Crippen LogP) is 5.57. The molecule has 0 bridgehead atoms. The van der Waals surface area contributed by atoms with Crippen LogP contribution in [0, 0.1) is 11.3 Å². The van der Waals surface area contributed by atoms with E-state index in [-0.39, 0.29) is 15.6 Å². The normalized spacial score (nSPS) is 11.3. The summed E-state index contributed by atoms with van der Waals surface area (Å²) in [7, 11) is 1.38. The number of alkyl halides is 3. The number of halogens is 5. The first-order valence-corrected chi connectivity index (χ1v) is 9.01. The first-order valence-electron chi connectivity index (χ1n) is 6.62. The minimum atomic E-state index is -4.78. The lowest BCUT2D eigenvalue weighted by Gasteiger charge is -2.26. The van der Waals surface area contributed by atoms with Gasteiger partial charge in [-0.1, -0.05) is 59.3 Å². The quantitative estimate of drug-likeness (QED) is 0.591. The van der Waals surface area contributed by atoms with E-state index in [1.165, 1.54) is 31.3 Å². The number of nitriles is 1. The van der Waals surface area contributed by atoms with Gasteiger partial charge in [0.25, 0.3) is 0 Å². The summed E-state index contributed by atoms with van der Waals surface area (Å²) >= 11 is 18.0. The molecule has 2 aromatic rings. The van der Waals surface area contributed by atoms with Gasteiger partial charge in [0.2, 0.25) is 0 Å². The number of aromatic nitrogens is 1. The fourth-order valence-electron chi connectivity index (χ4n) is 2.27. The SMILES string of the molecule is CSC(=S)N(C)n1c(-c2ccc(Cl)cc2)c(C#N)c(Cl)c1C(F)(F)F. The van der Waals surface area contributed by atoms with Crippen LogP contribution in [0.3, 0.4) is 0 Å². The molecule has 0 aliphatic carbocycles. The van der Waals surface area contributed by atoms with Crippen molar-refractivity contribution >= 4 is 51.5 Å². The van der Waals surface area contributed by atoms with Crippen LogP contribution < -0.4 is 5.01 Å². The third kappa shape index (κ3) is 3.75. The minimum absolute atomic E-state index is 0.00427. The van der Waals surface area contributed by atoms with Crippen LogP contribution in [-0.2, 0) is 6.18 Å². The molecule has 0 amide bonds. The molecule has 0 radical (unpaired) electrons. The van der Waals surface area contributed by atoms with E-state index in [0.29, 0.717) is 10.6 Å². The highest BCUT2D eigenvalue weighted by Crippen LogP contribution is 2.43. The zero-order valence-electron chi connectivity index (χ0n) is 12.9. The van der Waals surface area contributed by atoms with Crippen LogP contribution in [0.4, 0.5) is 13.2 Å². The summed E-state index contributed by atoms with van der Waals surface area (Å²) in [6.07, 6.45) is -3.14. The van der Waals surface area contributed by atoms with Crippen molar-refractivity contribution < 1.29 is 13.2 Å². The summed E-state index contributed by atoms with van der Waals surface area (Å²) in [6, 6.07) is 7.82. The van der Waals surface area contributed by atoms with Crippen molar-refractivity contribution in [1.82, 2.24) is 4.68 Å². The Morgan fingerprint density at radius 2 is 1.84 bits per heavy atom. The minimum Gasteiger partial charge on any atom is -0.267 e. The van der Waals surface area contributed by atoms with Gasteiger partial charge < -0.3 is 0 Å². The average molecular weight is 424 g/mol. The molecule has 0 aliphatic heterocycles. The summed E-state index contributed by atoms with van der Waals surface area (Å²) < 4.78 is 41.9. The summed E-state index contributed by atoms with van der Waals surface area (Å²) in [4.78, 5) is 0. The van der Waals surface area contributed by atoms with Crippen LogP contribution in [0.15, 0.2) is 24.3 Å². The van der Waals surface area contributed by atoms with E-state index >= 15 is 0 Å². The van der Waals surface area contributed by atoms with E-state index in [1.54, 1.807) is 12.3 Å². The number of thioether (sulfide) groups is 1. The zero-order chi connectivity index (χ0) is 18.9. The van der Waals surface area contributed by atoms with Gasteiger partial charge in [-0.15, -0.1) is 0 Å². The number of benzene rings is 1. The first-order chi connectivity index (χ1) is 11.6. The molecule has 0 saturated carbocycles. The van der Waals surface area contributed by atoms with Crippen LogP contribution in [0.2, 0.25) is 10.0 Å². The zero-order valence-corrected chi connectivity index (χ0v) is 16.0. The van der Waals surface area contributed by atoms with E-state index in [2.05, 4.69) is 0 Å². The fraction of sp³-hybridized carbons (Fsp3) is 0.200. The molecule has 0 atom stereocenters. The molecule has 0 spiro atoms. The third-order valence-corrected chi connectivity index (χ3v) is 5.32. The summed E-state index contributed by atoms with van der Waals surface area (Å²) in [5.74, 6) is 0. The lowest BCUT2D eigenvalue weighted by atomic mass is 10.1. The Labute approximate surface area is 161 Å². The van der Waals surface area contributed by atoms with Crippen LogP contribution in [-0.4, -0.2) is 22.3 Å². The molecule has 25 heavy (non-hydrogen) atoms. The molecule has 0 fully saturated rings. The molecule has 3 nitrogen and oxygen atoms in total. The maximum absolute atomic E-state index is 13.6. The standard InChI is InChI=1S/C15H10Cl2F3N3S2/c1-22(14(24)25-2)23-12(8-3-5-9(16)6-4-8)10(7-21)11(17)13(23)15(18,19)20/h3-6H,1-2H3. The summed E-state index contributed by atoms with van der Waals surface area (Å²) in [5, 5.41) is 10.3. The lowest BCUT2D eigenvalue weighted by molar-refractivity contribution is -0.143. The van der Waals surface area contributed by atoms with E-state index in [4.69, 9.17) is 35.4 Å². The number of hydrogen-bond acceptors (Lipinski definition) is 3. The van der Waals surface area contributed by atoms with Crippen molar-refractivity contribution in [2.24, 2.45) is 0 Å². The Bertz CT molecular complexity index is 855. The Morgan fingerprint density at radius 3 is 2.28 bits per heavy atom. The van der Waals surface area contributed by atoms with Crippen LogP contribution in [0.25, 0.3) is 11.3 Å². The molecule has 1 heterocycles. The number of thiocarbonyl (C=S) groups is 1. The van der Waals surface area contributed by atoms with Crippen molar-refractivity contribution in [2.45, 2.75) is 6.18 Å². The van der Waals surface area contributed by atoms with Gasteiger partial charge in [-0.3, -0.25) is 5.01 Å². The number of hydrogen-bond donors (Lipinski definition) is 0. The van der Waals surface area contributed by atoms with Crippen molar-refractivity contribution in [1.29, 1.82) is 5.26 Å². The van der Waals surface area contributed by atoms with Gasteiger partial charge in [-0.25, -0.2) is 4.68 Å². The molecule has 0 N–H and O–H groups in total. The van der Waals surface area contributed by atoms with E-state index in [9.17, 15) is 18.4 Å². The van der Waals surface area contributed by atoms with Crippen molar-refractivity contribution in [2.75, 3.05) is 18.3 Å². The van der Waals surface area contributed by atoms with Gasteiger partial charge in [0.15, 0.2) is 10.0 Å². The topological polar surface area (TPSA) is 32.0 Å². The summed E-state index contributed by atoms with van der Waals surface area (Å²) in [5.41, 5.74) is -1.09. The maximum Gasteiger partial charge on any atom is 0.434 e. The molecule has 2 rings (SSSR count). The molecular weight excluding hydrogens is 414 g/mol. The van der Waals surface area contributed by atoms with Gasteiger partial charge >= 0.3 is 6.18 Å². The Balaban J connectivity index is 2.92. The van der Waals surface area contributed by atoms with E-state index in [0.717, 1.165) is 21.4 Å². The molecule has 0 unspecified atom stereocenters. The van der Waals surface area contributed by atoms with Gasteiger partial charge in [-0.2, -0.15) is 18.4 Å². The smallest absolute Gasteiger partial charge is 0.267 e. The summed E-state index contributed by atoms with van der Waals surface area (Å²) in [6.45, 7) is 0. The van der Waals surface area contributed by atoms with Gasteiger partial charge in [0.05, 0.1) is 16.3 Å². The van der Waals surface area contributed by atoms with Crippen LogP contribution >= 0.6 is 47.2 Å². The molecule has 132 valence electrons. The molecular formula is C15H10Cl2F3N3S2. The van der Waals surface area contributed by atoms with Crippen LogP contribution in [0.1, 0.15) is 11.3 Å². The highest BCUT2D eigenvalue weighted by molar-refractivity contribution is 8.22. The lowest BCUT2D eigenvalue weighted by Crippen LogP contribution is -2.37. The average Bonchev–Trinajstić information content (AvgIpc) is 2.86.